The molecule has 3 aromatic carbocycles. The summed E-state index contributed by atoms with van der Waals surface area (Å²) in [5.41, 5.74) is 2.02. The van der Waals surface area contributed by atoms with Crippen molar-refractivity contribution in [3.8, 4) is 17.2 Å². The van der Waals surface area contributed by atoms with Gasteiger partial charge in [-0.3, -0.25) is 14.9 Å². The summed E-state index contributed by atoms with van der Waals surface area (Å²) in [5, 5.41) is 14.0. The molecular weight excluding hydrogens is 460 g/mol. The summed E-state index contributed by atoms with van der Waals surface area (Å²) in [4.78, 5) is 23.6. The lowest BCUT2D eigenvalue weighted by atomic mass is 10.1. The number of ether oxygens (including phenoxy) is 2. The number of para-hydroxylation sites is 1. The van der Waals surface area contributed by atoms with Gasteiger partial charge in [-0.1, -0.05) is 42.0 Å². The number of non-ortho nitro benzene ring substituents is 1. The van der Waals surface area contributed by atoms with E-state index in [1.54, 1.807) is 24.3 Å². The molecule has 182 valence electrons. The van der Waals surface area contributed by atoms with Crippen LogP contribution in [-0.4, -0.2) is 10.8 Å². The summed E-state index contributed by atoms with van der Waals surface area (Å²) in [5.74, 6) is 1.38. The molecular formula is C28H24N2O6. The Bertz CT molecular complexity index is 1390. The van der Waals surface area contributed by atoms with Crippen LogP contribution in [0.2, 0.25) is 0 Å². The minimum absolute atomic E-state index is 0.0421. The largest absolute Gasteiger partial charge is 0.485 e. The molecule has 4 aromatic rings. The fraction of sp³-hybridized carbons (Fsp3) is 0.107. The molecule has 0 bridgehead atoms. The van der Waals surface area contributed by atoms with E-state index < -0.39 is 10.8 Å². The zero-order valence-electron chi connectivity index (χ0n) is 19.6. The number of nitrogens with one attached hydrogen (secondary N) is 1. The van der Waals surface area contributed by atoms with Crippen molar-refractivity contribution in [2.75, 3.05) is 5.32 Å². The van der Waals surface area contributed by atoms with E-state index in [9.17, 15) is 14.9 Å². The molecule has 8 heteroatoms. The maximum absolute atomic E-state index is 12.8. The average molecular weight is 485 g/mol. The standard InChI is InChI=1S/C28H24N2O6/c1-3-6-20-7-4-5-8-26(20)34-18-24-13-14-27(36-24)28(31)29-21-15-22(30(32)33)17-25(16-21)35-23-11-9-19(2)10-12-23/h3-5,7-17H,1,6,18H2,2H3,(H,29,31). The van der Waals surface area contributed by atoms with E-state index in [2.05, 4.69) is 11.9 Å². The smallest absolute Gasteiger partial charge is 0.291 e. The number of nitrogens with zero attached hydrogens (tertiary/aromatic N) is 1. The summed E-state index contributed by atoms with van der Waals surface area (Å²) in [6.45, 7) is 5.83. The molecule has 36 heavy (non-hydrogen) atoms. The maximum atomic E-state index is 12.8. The Morgan fingerprint density at radius 1 is 1.06 bits per heavy atom. The van der Waals surface area contributed by atoms with Crippen LogP contribution in [0, 0.1) is 17.0 Å². The Kier molecular flexibility index (Phi) is 7.45. The van der Waals surface area contributed by atoms with Gasteiger partial charge in [0.25, 0.3) is 11.6 Å². The highest BCUT2D eigenvalue weighted by Crippen LogP contribution is 2.30. The van der Waals surface area contributed by atoms with E-state index in [0.29, 0.717) is 23.7 Å². The van der Waals surface area contributed by atoms with Crippen LogP contribution in [0.5, 0.6) is 17.2 Å². The quantitative estimate of drug-likeness (QED) is 0.150. The van der Waals surface area contributed by atoms with Gasteiger partial charge in [0.1, 0.15) is 29.6 Å². The highest BCUT2D eigenvalue weighted by atomic mass is 16.6. The number of benzene rings is 3. The van der Waals surface area contributed by atoms with E-state index in [-0.39, 0.29) is 29.5 Å². The Labute approximate surface area is 207 Å². The SMILES string of the molecule is C=CCc1ccccc1OCc1ccc(C(=O)Nc2cc(Oc3ccc(C)cc3)cc([N+](=O)[O-])c2)o1. The number of nitro groups is 1. The van der Waals surface area contributed by atoms with E-state index >= 15 is 0 Å². The number of anilines is 1. The molecule has 1 amide bonds. The third-order valence-corrected chi connectivity index (χ3v) is 5.21. The zero-order valence-corrected chi connectivity index (χ0v) is 19.6. The number of amides is 1. The van der Waals surface area contributed by atoms with Gasteiger partial charge in [-0.05, 0) is 49.2 Å². The van der Waals surface area contributed by atoms with Crippen molar-refractivity contribution < 1.29 is 23.6 Å². The summed E-state index contributed by atoms with van der Waals surface area (Å²) in [6, 6.07) is 22.1. The number of allylic oxidation sites excluding steroid dienone is 1. The number of hydrogen-bond acceptors (Lipinski definition) is 6. The van der Waals surface area contributed by atoms with E-state index in [0.717, 1.165) is 11.1 Å². The lowest BCUT2D eigenvalue weighted by Crippen LogP contribution is -2.11. The summed E-state index contributed by atoms with van der Waals surface area (Å²) in [7, 11) is 0. The molecule has 4 rings (SSSR count). The van der Waals surface area contributed by atoms with Crippen LogP contribution >= 0.6 is 0 Å². The molecule has 1 N–H and O–H groups in total. The number of aryl methyl sites for hydroxylation is 1. The first-order valence-corrected chi connectivity index (χ1v) is 11.2. The molecule has 1 aromatic heterocycles. The van der Waals surface area contributed by atoms with Crippen molar-refractivity contribution in [1.29, 1.82) is 0 Å². The Balaban J connectivity index is 1.45. The Morgan fingerprint density at radius 2 is 1.83 bits per heavy atom. The van der Waals surface area contributed by atoms with Crippen molar-refractivity contribution in [2.24, 2.45) is 0 Å². The summed E-state index contributed by atoms with van der Waals surface area (Å²) >= 11 is 0. The first-order chi connectivity index (χ1) is 17.4. The van der Waals surface area contributed by atoms with E-state index in [4.69, 9.17) is 13.9 Å². The average Bonchev–Trinajstić information content (AvgIpc) is 3.34. The van der Waals surface area contributed by atoms with Gasteiger partial charge in [0, 0.05) is 12.1 Å². The molecule has 1 heterocycles. The summed E-state index contributed by atoms with van der Waals surface area (Å²) in [6.07, 6.45) is 2.46. The second-order valence-corrected chi connectivity index (χ2v) is 8.00. The van der Waals surface area contributed by atoms with Crippen LogP contribution in [-0.2, 0) is 13.0 Å². The number of hydrogen-bond donors (Lipinski definition) is 1. The van der Waals surface area contributed by atoms with Crippen molar-refractivity contribution in [2.45, 2.75) is 20.0 Å². The van der Waals surface area contributed by atoms with Gasteiger partial charge in [-0.2, -0.15) is 0 Å². The molecule has 0 atom stereocenters. The normalized spacial score (nSPS) is 10.5. The number of rotatable bonds is 10. The minimum atomic E-state index is -0.560. The number of furan rings is 1. The molecule has 0 saturated heterocycles. The van der Waals surface area contributed by atoms with Crippen LogP contribution in [0.4, 0.5) is 11.4 Å². The highest BCUT2D eigenvalue weighted by Gasteiger charge is 2.16. The zero-order chi connectivity index (χ0) is 25.5. The number of carbonyl (C=O) groups excluding carboxylic acids is 1. The molecule has 0 saturated carbocycles. The van der Waals surface area contributed by atoms with Crippen LogP contribution < -0.4 is 14.8 Å². The lowest BCUT2D eigenvalue weighted by molar-refractivity contribution is -0.384. The lowest BCUT2D eigenvalue weighted by Gasteiger charge is -2.09. The maximum Gasteiger partial charge on any atom is 0.291 e. The van der Waals surface area contributed by atoms with Gasteiger partial charge in [0.2, 0.25) is 0 Å². The van der Waals surface area contributed by atoms with Gasteiger partial charge in [-0.25, -0.2) is 0 Å². The first kappa shape index (κ1) is 24.3. The van der Waals surface area contributed by atoms with E-state index in [1.165, 1.54) is 24.3 Å². The predicted molar refractivity (Wildman–Crippen MR) is 136 cm³/mol. The number of carbonyl (C=O) groups is 1. The monoisotopic (exact) mass is 484 g/mol. The van der Waals surface area contributed by atoms with E-state index in [1.807, 2.05) is 43.3 Å². The molecule has 0 spiro atoms. The van der Waals surface area contributed by atoms with Gasteiger partial charge in [0.15, 0.2) is 5.76 Å². The van der Waals surface area contributed by atoms with Crippen molar-refractivity contribution in [1.82, 2.24) is 0 Å². The fourth-order valence-electron chi connectivity index (χ4n) is 3.45. The summed E-state index contributed by atoms with van der Waals surface area (Å²) < 4.78 is 17.2. The predicted octanol–water partition coefficient (Wildman–Crippen LogP) is 6.85. The Hall–Kier alpha value is -4.85. The van der Waals surface area contributed by atoms with Crippen molar-refractivity contribution in [3.63, 3.8) is 0 Å². The minimum Gasteiger partial charge on any atom is -0.485 e. The molecule has 0 aliphatic rings. The molecule has 8 nitrogen and oxygen atoms in total. The second kappa shape index (κ2) is 11.1. The molecule has 0 radical (unpaired) electrons. The molecule has 0 unspecified atom stereocenters. The Morgan fingerprint density at radius 3 is 2.58 bits per heavy atom. The van der Waals surface area contributed by atoms with Gasteiger partial charge in [-0.15, -0.1) is 6.58 Å². The molecule has 0 aliphatic carbocycles. The van der Waals surface area contributed by atoms with Crippen molar-refractivity contribution in [3.05, 3.63) is 124 Å². The second-order valence-electron chi connectivity index (χ2n) is 8.00. The molecule has 0 aliphatic heterocycles. The van der Waals surface area contributed by atoms with Gasteiger partial charge in [0.05, 0.1) is 16.7 Å². The molecule has 0 fully saturated rings. The van der Waals surface area contributed by atoms with Crippen LogP contribution in [0.1, 0.15) is 27.4 Å². The third kappa shape index (κ3) is 6.18. The highest BCUT2D eigenvalue weighted by molar-refractivity contribution is 6.02. The van der Waals surface area contributed by atoms with Crippen LogP contribution in [0.15, 0.2) is 95.9 Å². The fourth-order valence-corrected chi connectivity index (χ4v) is 3.45. The topological polar surface area (TPSA) is 104 Å². The van der Waals surface area contributed by atoms with Gasteiger partial charge >= 0.3 is 0 Å². The first-order valence-electron chi connectivity index (χ1n) is 11.2. The third-order valence-electron chi connectivity index (χ3n) is 5.21. The van der Waals surface area contributed by atoms with Gasteiger partial charge < -0.3 is 19.2 Å². The van der Waals surface area contributed by atoms with Crippen molar-refractivity contribution >= 4 is 17.3 Å². The van der Waals surface area contributed by atoms with Crippen LogP contribution in [0.25, 0.3) is 0 Å². The number of nitro benzene ring substituents is 1. The van der Waals surface area contributed by atoms with Crippen LogP contribution in [0.3, 0.4) is 0 Å².